The second-order valence-electron chi connectivity index (χ2n) is 6.34. The monoisotopic (exact) mass is 373 g/mol. The number of anilines is 2. The number of nitrogens with one attached hydrogen (secondary N) is 3. The van der Waals surface area contributed by atoms with Gasteiger partial charge in [0.1, 0.15) is 0 Å². The molecule has 3 N–H and O–H groups in total. The molecule has 5 nitrogen and oxygen atoms in total. The normalized spacial score (nSPS) is 15.8. The van der Waals surface area contributed by atoms with Gasteiger partial charge in [0.2, 0.25) is 5.91 Å². The standard InChI is InChI=1S/C20H23N3O2.ClH/c1-14-17(22-19(24)13-16-9-6-12-21-16)10-5-11-18(14)23-20(25)15-7-3-2-4-8-15;/h2-5,7-8,10-11,16,21H,6,9,12-13H2,1H3,(H,22,24)(H,23,25);1H. The first-order valence-corrected chi connectivity index (χ1v) is 8.63. The molecular weight excluding hydrogens is 350 g/mol. The highest BCUT2D eigenvalue weighted by atomic mass is 35.5. The van der Waals surface area contributed by atoms with Gasteiger partial charge in [-0.25, -0.2) is 0 Å². The lowest BCUT2D eigenvalue weighted by Crippen LogP contribution is -2.27. The summed E-state index contributed by atoms with van der Waals surface area (Å²) in [6, 6.07) is 14.9. The van der Waals surface area contributed by atoms with Gasteiger partial charge >= 0.3 is 0 Å². The van der Waals surface area contributed by atoms with E-state index in [-0.39, 0.29) is 30.3 Å². The van der Waals surface area contributed by atoms with Crippen LogP contribution in [0.3, 0.4) is 0 Å². The molecule has 0 saturated carbocycles. The SMILES string of the molecule is Cc1c(NC(=O)CC2CCCN2)cccc1NC(=O)c1ccccc1.Cl. The molecule has 0 aliphatic carbocycles. The third-order valence-electron chi connectivity index (χ3n) is 4.49. The highest BCUT2D eigenvalue weighted by Gasteiger charge is 2.18. The van der Waals surface area contributed by atoms with E-state index >= 15 is 0 Å². The van der Waals surface area contributed by atoms with Gasteiger partial charge < -0.3 is 16.0 Å². The summed E-state index contributed by atoms with van der Waals surface area (Å²) in [5, 5.41) is 9.20. The van der Waals surface area contributed by atoms with Crippen molar-refractivity contribution in [2.45, 2.75) is 32.2 Å². The van der Waals surface area contributed by atoms with Crippen LogP contribution in [0.4, 0.5) is 11.4 Å². The van der Waals surface area contributed by atoms with Crippen LogP contribution in [0.15, 0.2) is 48.5 Å². The Morgan fingerprint density at radius 1 is 1.04 bits per heavy atom. The molecule has 6 heteroatoms. The highest BCUT2D eigenvalue weighted by Crippen LogP contribution is 2.24. The Labute approximate surface area is 160 Å². The summed E-state index contributed by atoms with van der Waals surface area (Å²) in [6.07, 6.45) is 2.64. The van der Waals surface area contributed by atoms with Crippen molar-refractivity contribution in [2.75, 3.05) is 17.2 Å². The second kappa shape index (κ2) is 9.36. The summed E-state index contributed by atoms with van der Waals surface area (Å²) in [6.45, 7) is 2.88. The van der Waals surface area contributed by atoms with E-state index in [4.69, 9.17) is 0 Å². The number of benzene rings is 2. The van der Waals surface area contributed by atoms with Crippen LogP contribution in [-0.2, 0) is 4.79 Å². The fraction of sp³-hybridized carbons (Fsp3) is 0.300. The molecule has 2 aromatic rings. The van der Waals surface area contributed by atoms with E-state index < -0.39 is 0 Å². The average Bonchev–Trinajstić information content (AvgIpc) is 3.12. The zero-order valence-corrected chi connectivity index (χ0v) is 15.6. The van der Waals surface area contributed by atoms with Gasteiger partial charge in [0.05, 0.1) is 0 Å². The Kier molecular flexibility index (Phi) is 7.18. The van der Waals surface area contributed by atoms with E-state index in [0.717, 1.165) is 30.6 Å². The largest absolute Gasteiger partial charge is 0.326 e. The van der Waals surface area contributed by atoms with E-state index in [1.54, 1.807) is 12.1 Å². The van der Waals surface area contributed by atoms with Crippen molar-refractivity contribution in [3.8, 4) is 0 Å². The van der Waals surface area contributed by atoms with Crippen LogP contribution in [0.2, 0.25) is 0 Å². The van der Waals surface area contributed by atoms with E-state index in [1.165, 1.54) is 0 Å². The zero-order valence-electron chi connectivity index (χ0n) is 14.7. The number of carbonyl (C=O) groups is 2. The lowest BCUT2D eigenvalue weighted by molar-refractivity contribution is -0.116. The number of halogens is 1. The molecule has 0 aromatic heterocycles. The number of rotatable bonds is 5. The fourth-order valence-corrected chi connectivity index (χ4v) is 3.05. The van der Waals surface area contributed by atoms with Crippen molar-refractivity contribution in [2.24, 2.45) is 0 Å². The summed E-state index contributed by atoms with van der Waals surface area (Å²) in [7, 11) is 0. The first-order chi connectivity index (χ1) is 12.1. The Morgan fingerprint density at radius 3 is 2.38 bits per heavy atom. The molecule has 2 amide bonds. The Bertz CT molecular complexity index is 759. The molecule has 1 unspecified atom stereocenters. The van der Waals surface area contributed by atoms with Crippen LogP contribution in [0, 0.1) is 6.92 Å². The predicted octanol–water partition coefficient (Wildman–Crippen LogP) is 3.75. The van der Waals surface area contributed by atoms with E-state index in [0.29, 0.717) is 17.7 Å². The molecule has 26 heavy (non-hydrogen) atoms. The van der Waals surface area contributed by atoms with Crippen LogP contribution in [0.5, 0.6) is 0 Å². The van der Waals surface area contributed by atoms with Gasteiger partial charge in [-0.1, -0.05) is 24.3 Å². The molecule has 0 radical (unpaired) electrons. The van der Waals surface area contributed by atoms with Gasteiger partial charge in [-0.3, -0.25) is 9.59 Å². The molecule has 0 spiro atoms. The molecule has 2 aromatic carbocycles. The second-order valence-corrected chi connectivity index (χ2v) is 6.34. The summed E-state index contributed by atoms with van der Waals surface area (Å²) >= 11 is 0. The molecule has 3 rings (SSSR count). The predicted molar refractivity (Wildman–Crippen MR) is 107 cm³/mol. The van der Waals surface area contributed by atoms with Crippen LogP contribution in [-0.4, -0.2) is 24.4 Å². The van der Waals surface area contributed by atoms with Crippen LogP contribution in [0.25, 0.3) is 0 Å². The van der Waals surface area contributed by atoms with Crippen molar-refractivity contribution in [1.29, 1.82) is 0 Å². The minimum Gasteiger partial charge on any atom is -0.326 e. The Balaban J connectivity index is 0.00000243. The lowest BCUT2D eigenvalue weighted by atomic mass is 10.1. The third-order valence-corrected chi connectivity index (χ3v) is 4.49. The van der Waals surface area contributed by atoms with Gasteiger partial charge in [0, 0.05) is 29.4 Å². The van der Waals surface area contributed by atoms with Gasteiger partial charge in [-0.2, -0.15) is 0 Å². The van der Waals surface area contributed by atoms with Crippen molar-refractivity contribution < 1.29 is 9.59 Å². The van der Waals surface area contributed by atoms with E-state index in [1.807, 2.05) is 43.3 Å². The minimum atomic E-state index is -0.165. The first-order valence-electron chi connectivity index (χ1n) is 8.63. The van der Waals surface area contributed by atoms with Crippen LogP contribution in [0.1, 0.15) is 35.2 Å². The van der Waals surface area contributed by atoms with Gasteiger partial charge in [-0.05, 0) is 56.1 Å². The summed E-state index contributed by atoms with van der Waals surface area (Å²) < 4.78 is 0. The molecule has 1 heterocycles. The Morgan fingerprint density at radius 2 is 1.73 bits per heavy atom. The molecule has 1 saturated heterocycles. The zero-order chi connectivity index (χ0) is 17.6. The quantitative estimate of drug-likeness (QED) is 0.747. The summed E-state index contributed by atoms with van der Waals surface area (Å²) in [4.78, 5) is 24.6. The molecule has 1 fully saturated rings. The average molecular weight is 374 g/mol. The smallest absolute Gasteiger partial charge is 0.255 e. The topological polar surface area (TPSA) is 70.2 Å². The molecule has 0 bridgehead atoms. The van der Waals surface area contributed by atoms with Crippen LogP contribution < -0.4 is 16.0 Å². The molecule has 1 aliphatic rings. The first kappa shape index (κ1) is 19.9. The number of amides is 2. The molecule has 138 valence electrons. The highest BCUT2D eigenvalue weighted by molar-refractivity contribution is 6.05. The maximum absolute atomic E-state index is 12.3. The number of carbonyl (C=O) groups excluding carboxylic acids is 2. The number of hydrogen-bond donors (Lipinski definition) is 3. The van der Waals surface area contributed by atoms with Crippen molar-refractivity contribution in [1.82, 2.24) is 5.32 Å². The molecule has 1 aliphatic heterocycles. The number of hydrogen-bond acceptors (Lipinski definition) is 3. The Hall–Kier alpha value is -2.37. The van der Waals surface area contributed by atoms with Crippen molar-refractivity contribution >= 4 is 35.6 Å². The lowest BCUT2D eigenvalue weighted by Gasteiger charge is -2.15. The van der Waals surface area contributed by atoms with Crippen molar-refractivity contribution in [3.63, 3.8) is 0 Å². The van der Waals surface area contributed by atoms with Crippen molar-refractivity contribution in [3.05, 3.63) is 59.7 Å². The fourth-order valence-electron chi connectivity index (χ4n) is 3.05. The van der Waals surface area contributed by atoms with E-state index in [9.17, 15) is 9.59 Å². The maximum atomic E-state index is 12.3. The van der Waals surface area contributed by atoms with E-state index in [2.05, 4.69) is 16.0 Å². The third kappa shape index (κ3) is 5.07. The minimum absolute atomic E-state index is 0. The van der Waals surface area contributed by atoms with Gasteiger partial charge in [0.15, 0.2) is 0 Å². The summed E-state index contributed by atoms with van der Waals surface area (Å²) in [5.41, 5.74) is 2.88. The van der Waals surface area contributed by atoms with Gasteiger partial charge in [0.25, 0.3) is 5.91 Å². The van der Waals surface area contributed by atoms with Gasteiger partial charge in [-0.15, -0.1) is 12.4 Å². The maximum Gasteiger partial charge on any atom is 0.255 e. The molecule has 1 atom stereocenters. The summed E-state index contributed by atoms with van der Waals surface area (Å²) in [5.74, 6) is -0.170. The van der Waals surface area contributed by atoms with Crippen LogP contribution >= 0.6 is 12.4 Å². The molecular formula is C20H24ClN3O2.